The highest BCUT2D eigenvalue weighted by Gasteiger charge is 2.15. The normalized spacial score (nSPS) is 11.6. The van der Waals surface area contributed by atoms with Crippen molar-refractivity contribution in [2.45, 2.75) is 0 Å². The van der Waals surface area contributed by atoms with Crippen molar-refractivity contribution in [3.05, 3.63) is 60.5 Å². The minimum Gasteiger partial charge on any atom is -0.338 e. The highest BCUT2D eigenvalue weighted by molar-refractivity contribution is 7.13. The molecule has 0 aliphatic carbocycles. The van der Waals surface area contributed by atoms with Crippen LogP contribution in [0.1, 0.15) is 0 Å². The van der Waals surface area contributed by atoms with E-state index in [2.05, 4.69) is 65.0 Å². The van der Waals surface area contributed by atoms with Crippen LogP contribution < -0.4 is 0 Å². The molecular weight excluding hydrogens is 370 g/mol. The van der Waals surface area contributed by atoms with Crippen molar-refractivity contribution in [3.8, 4) is 33.1 Å². The Labute approximate surface area is 162 Å². The summed E-state index contributed by atoms with van der Waals surface area (Å²) in [5, 5.41) is 18.6. The minimum absolute atomic E-state index is 0.845. The second kappa shape index (κ2) is 5.86. The van der Waals surface area contributed by atoms with E-state index >= 15 is 0 Å². The molecule has 3 N–H and O–H groups in total. The average Bonchev–Trinajstić information content (AvgIpc) is 3.53. The third-order valence-electron chi connectivity index (χ3n) is 4.81. The van der Waals surface area contributed by atoms with E-state index in [-0.39, 0.29) is 0 Å². The molecule has 0 fully saturated rings. The zero-order valence-electron chi connectivity index (χ0n) is 14.5. The number of pyridine rings is 2. The fourth-order valence-electron chi connectivity index (χ4n) is 3.47. The second-order valence-corrected chi connectivity index (χ2v) is 7.40. The van der Waals surface area contributed by atoms with E-state index < -0.39 is 0 Å². The molecule has 0 amide bonds. The molecule has 6 heterocycles. The molecule has 134 valence electrons. The first-order valence-corrected chi connectivity index (χ1v) is 9.60. The van der Waals surface area contributed by atoms with Crippen molar-refractivity contribution in [1.29, 1.82) is 0 Å². The maximum atomic E-state index is 4.53. The fourth-order valence-corrected chi connectivity index (χ4v) is 4.24. The SMILES string of the molecule is c1csc(-c2ccnc3[nH]c(-c4n[nH]c5cnc(-c6cn[nH]c6)cc45)cc23)c1. The molecule has 0 saturated heterocycles. The number of hydrogen-bond donors (Lipinski definition) is 3. The summed E-state index contributed by atoms with van der Waals surface area (Å²) in [7, 11) is 0. The van der Waals surface area contributed by atoms with Crippen LogP contribution in [-0.2, 0) is 0 Å². The van der Waals surface area contributed by atoms with Gasteiger partial charge >= 0.3 is 0 Å². The van der Waals surface area contributed by atoms with Gasteiger partial charge in [-0.2, -0.15) is 10.2 Å². The monoisotopic (exact) mass is 383 g/mol. The number of aromatic amines is 3. The summed E-state index contributed by atoms with van der Waals surface area (Å²) < 4.78 is 0. The van der Waals surface area contributed by atoms with Gasteiger partial charge < -0.3 is 4.98 Å². The molecule has 0 saturated carbocycles. The number of nitrogens with zero attached hydrogens (tertiary/aromatic N) is 4. The average molecular weight is 383 g/mol. The molecule has 6 aromatic heterocycles. The van der Waals surface area contributed by atoms with Gasteiger partial charge in [-0.3, -0.25) is 15.2 Å². The van der Waals surface area contributed by atoms with Crippen molar-refractivity contribution in [2.75, 3.05) is 0 Å². The molecule has 0 spiro atoms. The van der Waals surface area contributed by atoms with Gasteiger partial charge in [0.05, 0.1) is 29.3 Å². The number of H-pyrrole nitrogens is 3. The van der Waals surface area contributed by atoms with Gasteiger partial charge in [-0.15, -0.1) is 11.3 Å². The van der Waals surface area contributed by atoms with Crippen LogP contribution in [-0.4, -0.2) is 35.3 Å². The molecule has 0 aliphatic rings. The van der Waals surface area contributed by atoms with Gasteiger partial charge in [0, 0.05) is 39.2 Å². The number of aromatic nitrogens is 7. The summed E-state index contributed by atoms with van der Waals surface area (Å²) in [6, 6.07) is 10.4. The highest BCUT2D eigenvalue weighted by atomic mass is 32.1. The van der Waals surface area contributed by atoms with Crippen LogP contribution in [0.2, 0.25) is 0 Å². The van der Waals surface area contributed by atoms with Gasteiger partial charge in [0.2, 0.25) is 0 Å². The van der Waals surface area contributed by atoms with Gasteiger partial charge in [-0.25, -0.2) is 4.98 Å². The molecule has 0 unspecified atom stereocenters. The third kappa shape index (κ3) is 2.28. The standard InChI is InChI=1S/C20H13N7S/c1-2-18(28-5-1)12-3-4-21-20-13(12)6-16(25-20)19-14-7-15(11-8-23-24-9-11)22-10-17(14)26-27-19/h1-10H,(H,21,25)(H,23,24)(H,26,27). The smallest absolute Gasteiger partial charge is 0.138 e. The van der Waals surface area contributed by atoms with E-state index in [1.165, 1.54) is 10.4 Å². The number of fused-ring (bicyclic) bond motifs is 2. The van der Waals surface area contributed by atoms with Gasteiger partial charge in [-0.1, -0.05) is 6.07 Å². The van der Waals surface area contributed by atoms with E-state index in [9.17, 15) is 0 Å². The maximum absolute atomic E-state index is 4.53. The van der Waals surface area contributed by atoms with E-state index in [0.717, 1.165) is 44.6 Å². The van der Waals surface area contributed by atoms with Crippen LogP contribution in [0.5, 0.6) is 0 Å². The Morgan fingerprint density at radius 2 is 2.00 bits per heavy atom. The summed E-state index contributed by atoms with van der Waals surface area (Å²) in [6.07, 6.45) is 7.22. The Bertz CT molecular complexity index is 1410. The molecule has 7 nitrogen and oxygen atoms in total. The number of rotatable bonds is 3. The zero-order chi connectivity index (χ0) is 18.5. The predicted octanol–water partition coefficient (Wildman–Crippen LogP) is 4.62. The lowest BCUT2D eigenvalue weighted by Gasteiger charge is -1.98. The zero-order valence-corrected chi connectivity index (χ0v) is 15.3. The molecular formula is C20H13N7S. The lowest BCUT2D eigenvalue weighted by molar-refractivity contribution is 1.09. The molecule has 6 aromatic rings. The molecule has 0 aromatic carbocycles. The first kappa shape index (κ1) is 15.3. The lowest BCUT2D eigenvalue weighted by Crippen LogP contribution is -1.83. The lowest BCUT2D eigenvalue weighted by atomic mass is 10.1. The molecule has 6 rings (SSSR count). The van der Waals surface area contributed by atoms with Crippen molar-refractivity contribution in [1.82, 2.24) is 35.3 Å². The maximum Gasteiger partial charge on any atom is 0.138 e. The number of nitrogens with one attached hydrogen (secondary N) is 3. The van der Waals surface area contributed by atoms with Crippen molar-refractivity contribution in [2.24, 2.45) is 0 Å². The van der Waals surface area contributed by atoms with Crippen molar-refractivity contribution in [3.63, 3.8) is 0 Å². The van der Waals surface area contributed by atoms with Gasteiger partial charge in [-0.05, 0) is 29.6 Å². The van der Waals surface area contributed by atoms with Gasteiger partial charge in [0.25, 0.3) is 0 Å². The number of hydrogen-bond acceptors (Lipinski definition) is 5. The molecule has 0 atom stereocenters. The first-order chi connectivity index (χ1) is 13.9. The number of thiophene rings is 1. The topological polar surface area (TPSA) is 98.9 Å². The molecule has 8 heteroatoms. The Morgan fingerprint density at radius 3 is 2.86 bits per heavy atom. The molecule has 28 heavy (non-hydrogen) atoms. The summed E-state index contributed by atoms with van der Waals surface area (Å²) >= 11 is 1.72. The van der Waals surface area contributed by atoms with Gasteiger partial charge in [0.1, 0.15) is 11.3 Å². The molecule has 0 radical (unpaired) electrons. The fraction of sp³-hybridized carbons (Fsp3) is 0. The summed E-state index contributed by atoms with van der Waals surface area (Å²) in [6.45, 7) is 0. The third-order valence-corrected chi connectivity index (χ3v) is 5.72. The van der Waals surface area contributed by atoms with E-state index in [1.54, 1.807) is 23.7 Å². The first-order valence-electron chi connectivity index (χ1n) is 8.72. The molecule has 0 aliphatic heterocycles. The Kier molecular flexibility index (Phi) is 3.20. The Hall–Kier alpha value is -3.78. The minimum atomic E-state index is 0.845. The summed E-state index contributed by atoms with van der Waals surface area (Å²) in [5.41, 5.74) is 6.45. The van der Waals surface area contributed by atoms with E-state index in [1.807, 2.05) is 18.5 Å². The van der Waals surface area contributed by atoms with Crippen LogP contribution in [0, 0.1) is 0 Å². The Morgan fingerprint density at radius 1 is 1.00 bits per heavy atom. The molecule has 0 bridgehead atoms. The van der Waals surface area contributed by atoms with Crippen LogP contribution in [0.25, 0.3) is 55.0 Å². The van der Waals surface area contributed by atoms with Crippen molar-refractivity contribution < 1.29 is 0 Å². The largest absolute Gasteiger partial charge is 0.338 e. The van der Waals surface area contributed by atoms with E-state index in [4.69, 9.17) is 0 Å². The second-order valence-electron chi connectivity index (χ2n) is 6.46. The summed E-state index contributed by atoms with van der Waals surface area (Å²) in [4.78, 5) is 13.6. The quantitative estimate of drug-likeness (QED) is 0.415. The van der Waals surface area contributed by atoms with Crippen molar-refractivity contribution >= 4 is 33.3 Å². The van der Waals surface area contributed by atoms with Crippen LogP contribution >= 0.6 is 11.3 Å². The van der Waals surface area contributed by atoms with Crippen LogP contribution in [0.3, 0.4) is 0 Å². The van der Waals surface area contributed by atoms with E-state index in [0.29, 0.717) is 0 Å². The Balaban J connectivity index is 1.55. The summed E-state index contributed by atoms with van der Waals surface area (Å²) in [5.74, 6) is 0. The van der Waals surface area contributed by atoms with Crippen LogP contribution in [0.15, 0.2) is 60.5 Å². The van der Waals surface area contributed by atoms with Gasteiger partial charge in [0.15, 0.2) is 0 Å². The van der Waals surface area contributed by atoms with Crippen LogP contribution in [0.4, 0.5) is 0 Å². The highest BCUT2D eigenvalue weighted by Crippen LogP contribution is 2.35. The predicted molar refractivity (Wildman–Crippen MR) is 110 cm³/mol.